The van der Waals surface area contributed by atoms with Gasteiger partial charge in [0.25, 0.3) is 0 Å². The van der Waals surface area contributed by atoms with Crippen LogP contribution in [0.25, 0.3) is 10.9 Å². The fourth-order valence-corrected chi connectivity index (χ4v) is 7.16. The molecule has 2 aromatic carbocycles. The van der Waals surface area contributed by atoms with E-state index in [4.69, 9.17) is 5.26 Å². The number of aromatic amines is 1. The van der Waals surface area contributed by atoms with Crippen molar-refractivity contribution >= 4 is 42.4 Å². The molecule has 0 spiro atoms. The van der Waals surface area contributed by atoms with E-state index in [1.165, 1.54) is 38.4 Å². The Hall–Kier alpha value is -2.34. The van der Waals surface area contributed by atoms with Crippen LogP contribution in [0.1, 0.15) is 44.1 Å². The van der Waals surface area contributed by atoms with E-state index in [1.54, 1.807) is 36.4 Å². The number of piperidine rings is 1. The van der Waals surface area contributed by atoms with Gasteiger partial charge in [-0.1, -0.05) is 18.9 Å². The molecule has 2 N–H and O–H groups in total. The summed E-state index contributed by atoms with van der Waals surface area (Å²) in [6.07, 6.45) is 9.14. The predicted molar refractivity (Wildman–Crippen MR) is 138 cm³/mol. The second-order valence-electron chi connectivity index (χ2n) is 9.54. The monoisotopic (exact) mass is 540 g/mol. The summed E-state index contributed by atoms with van der Waals surface area (Å²) in [7, 11) is -3.73. The summed E-state index contributed by atoms with van der Waals surface area (Å²) in [5.74, 6) is 0.872. The first-order valence-corrected chi connectivity index (χ1v) is 14.3. The minimum absolute atomic E-state index is 0.223. The SMILES string of the molecule is N#Cc1ccc2c(S(=O)(=O)c3ccc(Br)c(NC4CCN(CC5CCCC5)CC4)c3)c[nH]c2c1. The second-order valence-corrected chi connectivity index (χ2v) is 12.3. The van der Waals surface area contributed by atoms with Crippen molar-refractivity contribution in [2.24, 2.45) is 5.92 Å². The zero-order valence-electron chi connectivity index (χ0n) is 19.1. The number of rotatable bonds is 6. The average molecular weight is 542 g/mol. The Morgan fingerprint density at radius 1 is 1.09 bits per heavy atom. The first kappa shape index (κ1) is 23.4. The molecule has 2 heterocycles. The van der Waals surface area contributed by atoms with Crippen molar-refractivity contribution in [3.8, 4) is 6.07 Å². The molecule has 5 rings (SSSR count). The van der Waals surface area contributed by atoms with Crippen molar-refractivity contribution < 1.29 is 8.42 Å². The largest absolute Gasteiger partial charge is 0.381 e. The number of H-pyrrole nitrogens is 1. The van der Waals surface area contributed by atoms with E-state index < -0.39 is 9.84 Å². The molecule has 1 aliphatic heterocycles. The summed E-state index contributed by atoms with van der Waals surface area (Å²) < 4.78 is 27.8. The number of nitrogens with one attached hydrogen (secondary N) is 2. The van der Waals surface area contributed by atoms with E-state index in [1.807, 2.05) is 0 Å². The molecule has 3 aromatic rings. The lowest BCUT2D eigenvalue weighted by molar-refractivity contribution is 0.189. The number of nitrogens with zero attached hydrogens (tertiary/aromatic N) is 2. The molecule has 0 amide bonds. The van der Waals surface area contributed by atoms with Crippen molar-refractivity contribution in [2.75, 3.05) is 25.0 Å². The van der Waals surface area contributed by atoms with Crippen LogP contribution in [0.15, 0.2) is 56.9 Å². The van der Waals surface area contributed by atoms with Gasteiger partial charge in [0, 0.05) is 52.9 Å². The Balaban J connectivity index is 1.31. The van der Waals surface area contributed by atoms with E-state index in [0.29, 0.717) is 22.5 Å². The van der Waals surface area contributed by atoms with Crippen LogP contribution >= 0.6 is 15.9 Å². The lowest BCUT2D eigenvalue weighted by atomic mass is 10.0. The van der Waals surface area contributed by atoms with Gasteiger partial charge in [0.05, 0.1) is 21.4 Å². The Morgan fingerprint density at radius 2 is 1.85 bits per heavy atom. The van der Waals surface area contributed by atoms with Gasteiger partial charge >= 0.3 is 0 Å². The number of sulfone groups is 1. The fraction of sp³-hybridized carbons (Fsp3) is 0.423. The van der Waals surface area contributed by atoms with E-state index in [2.05, 4.69) is 37.2 Å². The van der Waals surface area contributed by atoms with Crippen LogP contribution in [0.4, 0.5) is 5.69 Å². The van der Waals surface area contributed by atoms with E-state index in [0.717, 1.165) is 42.0 Å². The van der Waals surface area contributed by atoms with Crippen LogP contribution in [0.5, 0.6) is 0 Å². The number of likely N-dealkylation sites (tertiary alicyclic amines) is 1. The zero-order chi connectivity index (χ0) is 23.7. The van der Waals surface area contributed by atoms with E-state index in [-0.39, 0.29) is 9.79 Å². The van der Waals surface area contributed by atoms with Crippen molar-refractivity contribution in [3.63, 3.8) is 0 Å². The van der Waals surface area contributed by atoms with Gasteiger partial charge in [-0.3, -0.25) is 0 Å². The van der Waals surface area contributed by atoms with Crippen LogP contribution in [0.2, 0.25) is 0 Å². The zero-order valence-corrected chi connectivity index (χ0v) is 21.5. The summed E-state index contributed by atoms with van der Waals surface area (Å²) in [4.78, 5) is 6.07. The van der Waals surface area contributed by atoms with Gasteiger partial charge in [-0.25, -0.2) is 8.42 Å². The molecule has 1 aromatic heterocycles. The molecule has 0 atom stereocenters. The minimum Gasteiger partial charge on any atom is -0.381 e. The number of fused-ring (bicyclic) bond motifs is 1. The van der Waals surface area contributed by atoms with Gasteiger partial charge in [0.15, 0.2) is 0 Å². The molecule has 1 saturated carbocycles. The summed E-state index contributed by atoms with van der Waals surface area (Å²) in [5, 5.41) is 13.3. The lowest BCUT2D eigenvalue weighted by Gasteiger charge is -2.34. The third-order valence-corrected chi connectivity index (χ3v) is 9.73. The van der Waals surface area contributed by atoms with Crippen LogP contribution < -0.4 is 5.32 Å². The summed E-state index contributed by atoms with van der Waals surface area (Å²) >= 11 is 3.59. The molecule has 1 aliphatic carbocycles. The number of nitriles is 1. The Bertz CT molecular complexity index is 1330. The molecule has 2 aliphatic rings. The summed E-state index contributed by atoms with van der Waals surface area (Å²) in [5.41, 5.74) is 1.93. The molecule has 2 fully saturated rings. The maximum absolute atomic E-state index is 13.5. The first-order chi connectivity index (χ1) is 16.4. The topological polar surface area (TPSA) is 89.0 Å². The predicted octanol–water partition coefficient (Wildman–Crippen LogP) is 5.70. The van der Waals surface area contributed by atoms with E-state index in [9.17, 15) is 8.42 Å². The molecule has 0 unspecified atom stereocenters. The van der Waals surface area contributed by atoms with Gasteiger partial charge in [-0.15, -0.1) is 0 Å². The lowest BCUT2D eigenvalue weighted by Crippen LogP contribution is -2.41. The van der Waals surface area contributed by atoms with Crippen LogP contribution in [0, 0.1) is 17.2 Å². The van der Waals surface area contributed by atoms with Crippen LogP contribution in [0.3, 0.4) is 0 Å². The molecule has 0 bridgehead atoms. The Labute approximate surface area is 209 Å². The molecule has 1 saturated heterocycles. The van der Waals surface area contributed by atoms with Gasteiger partial charge < -0.3 is 15.2 Å². The Kier molecular flexibility index (Phi) is 6.70. The number of anilines is 1. The number of benzene rings is 2. The molecule has 0 radical (unpaired) electrons. The third kappa shape index (κ3) is 4.74. The molecule has 8 heteroatoms. The second kappa shape index (κ2) is 9.73. The number of hydrogen-bond acceptors (Lipinski definition) is 5. The first-order valence-electron chi connectivity index (χ1n) is 12.0. The molecule has 178 valence electrons. The van der Waals surface area contributed by atoms with Gasteiger partial charge in [-0.2, -0.15) is 5.26 Å². The van der Waals surface area contributed by atoms with Crippen molar-refractivity contribution in [3.05, 3.63) is 52.6 Å². The molecular weight excluding hydrogens is 512 g/mol. The molecular formula is C26H29BrN4O2S. The van der Waals surface area contributed by atoms with Gasteiger partial charge in [0.1, 0.15) is 0 Å². The Morgan fingerprint density at radius 3 is 2.59 bits per heavy atom. The van der Waals surface area contributed by atoms with Crippen LogP contribution in [-0.2, 0) is 9.84 Å². The standard InChI is InChI=1S/C26H29BrN4O2S/c27-23-8-6-21(34(32,33)26-16-29-24-13-19(15-28)5-7-22(24)26)14-25(23)30-20-9-11-31(12-10-20)17-18-3-1-2-4-18/h5-8,13-14,16,18,20,29-30H,1-4,9-12,17H2. The quantitative estimate of drug-likeness (QED) is 0.418. The highest BCUT2D eigenvalue weighted by molar-refractivity contribution is 9.10. The maximum Gasteiger partial charge on any atom is 0.208 e. The smallest absolute Gasteiger partial charge is 0.208 e. The van der Waals surface area contributed by atoms with E-state index >= 15 is 0 Å². The third-order valence-electron chi connectivity index (χ3n) is 7.25. The van der Waals surface area contributed by atoms with Crippen molar-refractivity contribution in [1.29, 1.82) is 5.26 Å². The van der Waals surface area contributed by atoms with Crippen molar-refractivity contribution in [1.82, 2.24) is 9.88 Å². The van der Waals surface area contributed by atoms with Crippen LogP contribution in [-0.4, -0.2) is 44.0 Å². The van der Waals surface area contributed by atoms with Crippen molar-refractivity contribution in [2.45, 2.75) is 54.4 Å². The highest BCUT2D eigenvalue weighted by Crippen LogP contribution is 2.34. The average Bonchev–Trinajstić information content (AvgIpc) is 3.51. The minimum atomic E-state index is -3.73. The highest BCUT2D eigenvalue weighted by atomic mass is 79.9. The molecule has 6 nitrogen and oxygen atoms in total. The molecule has 34 heavy (non-hydrogen) atoms. The number of hydrogen-bond donors (Lipinski definition) is 2. The fourth-order valence-electron chi connectivity index (χ4n) is 5.34. The maximum atomic E-state index is 13.5. The highest BCUT2D eigenvalue weighted by Gasteiger charge is 2.26. The summed E-state index contributed by atoms with van der Waals surface area (Å²) in [6, 6.07) is 12.6. The number of aromatic nitrogens is 1. The van der Waals surface area contributed by atoms with Gasteiger partial charge in [-0.05, 0) is 77.9 Å². The summed E-state index contributed by atoms with van der Waals surface area (Å²) in [6.45, 7) is 3.40. The number of halogens is 1. The normalized spacial score (nSPS) is 18.4. The van der Waals surface area contributed by atoms with Gasteiger partial charge in [0.2, 0.25) is 9.84 Å².